The Labute approximate surface area is 78.7 Å². The van der Waals surface area contributed by atoms with Gasteiger partial charge in [0.2, 0.25) is 0 Å². The molecule has 70 valence electrons. The molecular formula is C11H15NO. The molecule has 0 spiro atoms. The van der Waals surface area contributed by atoms with Gasteiger partial charge in [0.05, 0.1) is 5.60 Å². The van der Waals surface area contributed by atoms with Crippen molar-refractivity contribution in [3.63, 3.8) is 0 Å². The summed E-state index contributed by atoms with van der Waals surface area (Å²) < 4.78 is 0. The van der Waals surface area contributed by atoms with Crippen LogP contribution < -0.4 is 5.73 Å². The number of nitrogen functional groups attached to an aromatic ring is 1. The molecule has 0 unspecified atom stereocenters. The molecule has 2 nitrogen and oxygen atoms in total. The lowest BCUT2D eigenvalue weighted by atomic mass is 10.1. The van der Waals surface area contributed by atoms with E-state index in [0.29, 0.717) is 0 Å². The van der Waals surface area contributed by atoms with E-state index in [-0.39, 0.29) is 0 Å². The lowest BCUT2D eigenvalue weighted by Gasteiger charge is -2.09. The molecule has 0 aliphatic heterocycles. The van der Waals surface area contributed by atoms with Gasteiger partial charge in [0, 0.05) is 5.69 Å². The third kappa shape index (κ3) is 3.76. The molecule has 0 aliphatic carbocycles. The predicted molar refractivity (Wildman–Crippen MR) is 56.2 cm³/mol. The van der Waals surface area contributed by atoms with E-state index in [1.165, 1.54) is 0 Å². The molecule has 3 N–H and O–H groups in total. The van der Waals surface area contributed by atoms with Gasteiger partial charge in [-0.25, -0.2) is 0 Å². The van der Waals surface area contributed by atoms with E-state index in [4.69, 9.17) is 5.73 Å². The standard InChI is InChI=1S/C11H15NO/c1-11(2,13)7-6-9-4-3-5-10(12)8-9/h3-8,13H,12H2,1-2H3. The van der Waals surface area contributed by atoms with Gasteiger partial charge in [0.15, 0.2) is 0 Å². The van der Waals surface area contributed by atoms with E-state index >= 15 is 0 Å². The summed E-state index contributed by atoms with van der Waals surface area (Å²) in [6, 6.07) is 7.53. The van der Waals surface area contributed by atoms with Crippen LogP contribution in [0.4, 0.5) is 5.69 Å². The van der Waals surface area contributed by atoms with Crippen molar-refractivity contribution in [2.24, 2.45) is 0 Å². The fourth-order valence-electron chi connectivity index (χ4n) is 0.963. The highest BCUT2D eigenvalue weighted by Crippen LogP contribution is 2.11. The Morgan fingerprint density at radius 1 is 1.38 bits per heavy atom. The smallest absolute Gasteiger partial charge is 0.0774 e. The highest BCUT2D eigenvalue weighted by molar-refractivity contribution is 5.56. The maximum atomic E-state index is 9.43. The Morgan fingerprint density at radius 3 is 2.62 bits per heavy atom. The summed E-state index contributed by atoms with van der Waals surface area (Å²) in [7, 11) is 0. The first-order chi connectivity index (χ1) is 5.97. The van der Waals surface area contributed by atoms with Crippen molar-refractivity contribution in [3.8, 4) is 0 Å². The van der Waals surface area contributed by atoms with Crippen LogP contribution in [0.15, 0.2) is 30.3 Å². The monoisotopic (exact) mass is 177 g/mol. The van der Waals surface area contributed by atoms with E-state index in [1.54, 1.807) is 19.9 Å². The molecule has 0 saturated heterocycles. The number of rotatable bonds is 2. The zero-order valence-corrected chi connectivity index (χ0v) is 7.99. The molecule has 0 heterocycles. The molecule has 0 radical (unpaired) electrons. The Bertz CT molecular complexity index is 310. The van der Waals surface area contributed by atoms with E-state index in [0.717, 1.165) is 11.3 Å². The summed E-state index contributed by atoms with van der Waals surface area (Å²) in [5.74, 6) is 0. The van der Waals surface area contributed by atoms with Gasteiger partial charge in [0.1, 0.15) is 0 Å². The zero-order valence-electron chi connectivity index (χ0n) is 7.99. The first-order valence-electron chi connectivity index (χ1n) is 4.24. The largest absolute Gasteiger partial charge is 0.399 e. The van der Waals surface area contributed by atoms with Crippen molar-refractivity contribution in [2.45, 2.75) is 19.4 Å². The maximum Gasteiger partial charge on any atom is 0.0774 e. The first-order valence-corrected chi connectivity index (χ1v) is 4.24. The second kappa shape index (κ2) is 3.62. The summed E-state index contributed by atoms with van der Waals surface area (Å²) in [6.07, 6.45) is 3.60. The summed E-state index contributed by atoms with van der Waals surface area (Å²) in [5, 5.41) is 9.43. The molecule has 1 aromatic carbocycles. The third-order valence-corrected chi connectivity index (χ3v) is 1.59. The number of benzene rings is 1. The van der Waals surface area contributed by atoms with Crippen molar-refractivity contribution in [1.29, 1.82) is 0 Å². The van der Waals surface area contributed by atoms with Crippen LogP contribution in [0, 0.1) is 0 Å². The average Bonchev–Trinajstić information content (AvgIpc) is 2.00. The van der Waals surface area contributed by atoms with E-state index in [2.05, 4.69) is 0 Å². The molecule has 0 amide bonds. The molecule has 0 fully saturated rings. The highest BCUT2D eigenvalue weighted by Gasteiger charge is 2.05. The SMILES string of the molecule is CC(C)(O)C=Cc1cccc(N)c1. The number of anilines is 1. The van der Waals surface area contributed by atoms with Crippen LogP contribution >= 0.6 is 0 Å². The average molecular weight is 177 g/mol. The van der Waals surface area contributed by atoms with Crippen molar-refractivity contribution in [1.82, 2.24) is 0 Å². The number of hydrogen-bond acceptors (Lipinski definition) is 2. The van der Waals surface area contributed by atoms with Gasteiger partial charge in [-0.05, 0) is 31.5 Å². The van der Waals surface area contributed by atoms with Gasteiger partial charge in [-0.2, -0.15) is 0 Å². The van der Waals surface area contributed by atoms with Gasteiger partial charge >= 0.3 is 0 Å². The molecule has 0 atom stereocenters. The van der Waals surface area contributed by atoms with Gasteiger partial charge in [-0.3, -0.25) is 0 Å². The fraction of sp³-hybridized carbons (Fsp3) is 0.273. The third-order valence-electron chi connectivity index (χ3n) is 1.59. The number of hydrogen-bond donors (Lipinski definition) is 2. The Balaban J connectivity index is 2.80. The summed E-state index contributed by atoms with van der Waals surface area (Å²) in [6.45, 7) is 3.46. The minimum atomic E-state index is -0.773. The molecule has 2 heteroatoms. The molecule has 0 bridgehead atoms. The van der Waals surface area contributed by atoms with Crippen LogP contribution in [-0.2, 0) is 0 Å². The predicted octanol–water partition coefficient (Wildman–Crippen LogP) is 2.05. The van der Waals surface area contributed by atoms with Crippen LogP contribution in [0.25, 0.3) is 6.08 Å². The maximum absolute atomic E-state index is 9.43. The highest BCUT2D eigenvalue weighted by atomic mass is 16.3. The molecule has 13 heavy (non-hydrogen) atoms. The Kier molecular flexibility index (Phi) is 2.73. The summed E-state index contributed by atoms with van der Waals surface area (Å²) in [4.78, 5) is 0. The van der Waals surface area contributed by atoms with Gasteiger partial charge in [-0.1, -0.05) is 24.3 Å². The molecular weight excluding hydrogens is 162 g/mol. The quantitative estimate of drug-likeness (QED) is 0.679. The summed E-state index contributed by atoms with van der Waals surface area (Å²) >= 11 is 0. The Morgan fingerprint density at radius 2 is 2.08 bits per heavy atom. The van der Waals surface area contributed by atoms with Crippen molar-refractivity contribution < 1.29 is 5.11 Å². The normalized spacial score (nSPS) is 12.2. The second-order valence-corrected chi connectivity index (χ2v) is 3.66. The zero-order chi connectivity index (χ0) is 9.90. The van der Waals surface area contributed by atoms with E-state index < -0.39 is 5.60 Å². The second-order valence-electron chi connectivity index (χ2n) is 3.66. The Hall–Kier alpha value is -1.28. The lowest BCUT2D eigenvalue weighted by molar-refractivity contribution is 0.134. The molecule has 0 aliphatic rings. The van der Waals surface area contributed by atoms with Gasteiger partial charge in [-0.15, -0.1) is 0 Å². The fourth-order valence-corrected chi connectivity index (χ4v) is 0.963. The molecule has 0 aromatic heterocycles. The minimum Gasteiger partial charge on any atom is -0.399 e. The van der Waals surface area contributed by atoms with Crippen LogP contribution in [-0.4, -0.2) is 10.7 Å². The summed E-state index contributed by atoms with van der Waals surface area (Å²) in [5.41, 5.74) is 6.56. The molecule has 0 saturated carbocycles. The van der Waals surface area contributed by atoms with Crippen LogP contribution in [0.1, 0.15) is 19.4 Å². The minimum absolute atomic E-state index is 0.734. The topological polar surface area (TPSA) is 46.2 Å². The first kappa shape index (κ1) is 9.81. The van der Waals surface area contributed by atoms with Crippen LogP contribution in [0.3, 0.4) is 0 Å². The van der Waals surface area contributed by atoms with Crippen LogP contribution in [0.2, 0.25) is 0 Å². The van der Waals surface area contributed by atoms with Crippen molar-refractivity contribution in [3.05, 3.63) is 35.9 Å². The van der Waals surface area contributed by atoms with Gasteiger partial charge in [0.25, 0.3) is 0 Å². The number of aliphatic hydroxyl groups is 1. The lowest BCUT2D eigenvalue weighted by Crippen LogP contribution is -2.13. The van der Waals surface area contributed by atoms with Crippen LogP contribution in [0.5, 0.6) is 0 Å². The van der Waals surface area contributed by atoms with E-state index in [1.807, 2.05) is 30.3 Å². The van der Waals surface area contributed by atoms with E-state index in [9.17, 15) is 5.11 Å². The molecule has 1 aromatic rings. The van der Waals surface area contributed by atoms with Gasteiger partial charge < -0.3 is 10.8 Å². The molecule has 1 rings (SSSR count). The number of nitrogens with two attached hydrogens (primary N) is 1. The van der Waals surface area contributed by atoms with Crippen molar-refractivity contribution >= 4 is 11.8 Å². The van der Waals surface area contributed by atoms with Crippen molar-refractivity contribution in [2.75, 3.05) is 5.73 Å².